The van der Waals surface area contributed by atoms with Crippen molar-refractivity contribution in [2.75, 3.05) is 5.32 Å². The molecule has 0 radical (unpaired) electrons. The monoisotopic (exact) mass is 361 g/mol. The Morgan fingerprint density at radius 3 is 2.71 bits per heavy atom. The Hall–Kier alpha value is -1.14. The van der Waals surface area contributed by atoms with E-state index in [2.05, 4.69) is 37.2 Å². The van der Waals surface area contributed by atoms with E-state index in [0.717, 1.165) is 0 Å². The molecule has 1 aromatic carbocycles. The van der Waals surface area contributed by atoms with Gasteiger partial charge in [0.25, 0.3) is 5.91 Å². The molecule has 6 heteroatoms. The standard InChI is InChI=1S/C11H6Br2FNO2/c12-8-2-1-6(14)5-9(8)15-11(16)7-3-4-17-10(7)13/h1-5H,(H,15,16). The van der Waals surface area contributed by atoms with Crippen molar-refractivity contribution in [2.45, 2.75) is 0 Å². The fraction of sp³-hybridized carbons (Fsp3) is 0. The molecular weight excluding hydrogens is 357 g/mol. The number of hydrogen-bond acceptors (Lipinski definition) is 2. The van der Waals surface area contributed by atoms with E-state index in [1.54, 1.807) is 0 Å². The van der Waals surface area contributed by atoms with Gasteiger partial charge in [0.1, 0.15) is 5.82 Å². The number of furan rings is 1. The summed E-state index contributed by atoms with van der Waals surface area (Å²) in [5, 5.41) is 2.58. The Morgan fingerprint density at radius 2 is 2.06 bits per heavy atom. The lowest BCUT2D eigenvalue weighted by atomic mass is 10.2. The first-order chi connectivity index (χ1) is 8.08. The molecule has 0 saturated carbocycles. The maximum Gasteiger partial charge on any atom is 0.260 e. The lowest BCUT2D eigenvalue weighted by Crippen LogP contribution is -2.12. The fourth-order valence-electron chi connectivity index (χ4n) is 1.24. The van der Waals surface area contributed by atoms with Gasteiger partial charge < -0.3 is 9.73 Å². The highest BCUT2D eigenvalue weighted by Crippen LogP contribution is 2.25. The summed E-state index contributed by atoms with van der Waals surface area (Å²) < 4.78 is 18.9. The largest absolute Gasteiger partial charge is 0.457 e. The molecule has 0 fully saturated rings. The first-order valence-corrected chi connectivity index (χ1v) is 6.16. The lowest BCUT2D eigenvalue weighted by Gasteiger charge is -2.06. The predicted molar refractivity (Wildman–Crippen MR) is 68.5 cm³/mol. The van der Waals surface area contributed by atoms with Gasteiger partial charge in [-0.3, -0.25) is 4.79 Å². The minimum Gasteiger partial charge on any atom is -0.457 e. The van der Waals surface area contributed by atoms with Gasteiger partial charge in [0, 0.05) is 4.47 Å². The molecule has 1 aromatic heterocycles. The molecule has 1 N–H and O–H groups in total. The normalized spacial score (nSPS) is 10.3. The van der Waals surface area contributed by atoms with Crippen LogP contribution >= 0.6 is 31.9 Å². The van der Waals surface area contributed by atoms with E-state index in [1.807, 2.05) is 0 Å². The molecule has 1 amide bonds. The van der Waals surface area contributed by atoms with Crippen LogP contribution in [0.15, 0.2) is 44.1 Å². The van der Waals surface area contributed by atoms with Crippen LogP contribution in [0.25, 0.3) is 0 Å². The molecule has 88 valence electrons. The second-order valence-electron chi connectivity index (χ2n) is 3.19. The smallest absolute Gasteiger partial charge is 0.260 e. The number of carbonyl (C=O) groups is 1. The minimum absolute atomic E-state index is 0.336. The molecule has 0 unspecified atom stereocenters. The minimum atomic E-state index is -0.422. The number of halogens is 3. The molecule has 0 atom stereocenters. The van der Waals surface area contributed by atoms with Crippen molar-refractivity contribution >= 4 is 43.5 Å². The van der Waals surface area contributed by atoms with E-state index in [1.165, 1.54) is 30.5 Å². The summed E-state index contributed by atoms with van der Waals surface area (Å²) in [6.45, 7) is 0. The van der Waals surface area contributed by atoms with Crippen LogP contribution in [0.3, 0.4) is 0 Å². The van der Waals surface area contributed by atoms with Gasteiger partial charge in [-0.15, -0.1) is 0 Å². The van der Waals surface area contributed by atoms with Crippen LogP contribution in [0, 0.1) is 5.82 Å². The van der Waals surface area contributed by atoms with Crippen LogP contribution < -0.4 is 5.32 Å². The predicted octanol–water partition coefficient (Wildman–Crippen LogP) is 4.20. The Bertz CT molecular complexity index is 568. The average Bonchev–Trinajstić information content (AvgIpc) is 2.70. The molecule has 2 aromatic rings. The van der Waals surface area contributed by atoms with Crippen molar-refractivity contribution < 1.29 is 13.6 Å². The summed E-state index contributed by atoms with van der Waals surface area (Å²) >= 11 is 6.32. The Balaban J connectivity index is 2.24. The molecular formula is C11H6Br2FNO2. The average molecular weight is 363 g/mol. The summed E-state index contributed by atoms with van der Waals surface area (Å²) in [5.74, 6) is -0.799. The number of nitrogens with one attached hydrogen (secondary N) is 1. The number of carbonyl (C=O) groups excluding carboxylic acids is 1. The van der Waals surface area contributed by atoms with Gasteiger partial charge in [-0.2, -0.15) is 0 Å². The maximum absolute atomic E-state index is 13.0. The van der Waals surface area contributed by atoms with E-state index in [9.17, 15) is 9.18 Å². The third kappa shape index (κ3) is 2.76. The molecule has 0 saturated heterocycles. The zero-order chi connectivity index (χ0) is 12.4. The van der Waals surface area contributed by atoms with E-state index in [0.29, 0.717) is 20.4 Å². The molecule has 0 spiro atoms. The first-order valence-electron chi connectivity index (χ1n) is 4.57. The van der Waals surface area contributed by atoms with Gasteiger partial charge in [0.15, 0.2) is 4.67 Å². The zero-order valence-electron chi connectivity index (χ0n) is 8.34. The molecule has 2 rings (SSSR count). The molecule has 3 nitrogen and oxygen atoms in total. The van der Waals surface area contributed by atoms with Crippen molar-refractivity contribution in [3.63, 3.8) is 0 Å². The van der Waals surface area contributed by atoms with Gasteiger partial charge in [-0.05, 0) is 56.1 Å². The Kier molecular flexibility index (Phi) is 3.63. The molecule has 0 aliphatic rings. The van der Waals surface area contributed by atoms with Crippen molar-refractivity contribution in [1.29, 1.82) is 0 Å². The highest BCUT2D eigenvalue weighted by Gasteiger charge is 2.14. The third-order valence-corrected chi connectivity index (χ3v) is 3.34. The molecule has 17 heavy (non-hydrogen) atoms. The van der Waals surface area contributed by atoms with Gasteiger partial charge in [0.05, 0.1) is 17.5 Å². The van der Waals surface area contributed by atoms with Gasteiger partial charge in [-0.1, -0.05) is 0 Å². The number of amides is 1. The summed E-state index contributed by atoms with van der Waals surface area (Å²) in [7, 11) is 0. The molecule has 0 aliphatic carbocycles. The number of hydrogen-bond donors (Lipinski definition) is 1. The van der Waals surface area contributed by atoms with Crippen LogP contribution in [0.2, 0.25) is 0 Å². The zero-order valence-corrected chi connectivity index (χ0v) is 11.5. The highest BCUT2D eigenvalue weighted by atomic mass is 79.9. The fourth-order valence-corrected chi connectivity index (χ4v) is 2.00. The summed E-state index contributed by atoms with van der Waals surface area (Å²) in [5.41, 5.74) is 0.712. The van der Waals surface area contributed by atoms with Gasteiger partial charge in [0.2, 0.25) is 0 Å². The number of benzene rings is 1. The molecule has 0 aliphatic heterocycles. The molecule has 1 heterocycles. The van der Waals surface area contributed by atoms with E-state index < -0.39 is 5.82 Å². The van der Waals surface area contributed by atoms with Crippen molar-refractivity contribution in [3.8, 4) is 0 Å². The number of rotatable bonds is 2. The van der Waals surface area contributed by atoms with Crippen molar-refractivity contribution in [2.24, 2.45) is 0 Å². The second-order valence-corrected chi connectivity index (χ2v) is 4.76. The van der Waals surface area contributed by atoms with Gasteiger partial charge >= 0.3 is 0 Å². The van der Waals surface area contributed by atoms with Crippen LogP contribution in [-0.4, -0.2) is 5.91 Å². The number of anilines is 1. The van der Waals surface area contributed by atoms with E-state index >= 15 is 0 Å². The third-order valence-electron chi connectivity index (χ3n) is 2.04. The highest BCUT2D eigenvalue weighted by molar-refractivity contribution is 9.10. The van der Waals surface area contributed by atoms with Crippen molar-refractivity contribution in [3.05, 3.63) is 51.1 Å². The van der Waals surface area contributed by atoms with Crippen LogP contribution in [0.5, 0.6) is 0 Å². The summed E-state index contributed by atoms with van der Waals surface area (Å²) in [4.78, 5) is 11.8. The van der Waals surface area contributed by atoms with Gasteiger partial charge in [-0.25, -0.2) is 4.39 Å². The van der Waals surface area contributed by atoms with Crippen LogP contribution in [-0.2, 0) is 0 Å². The quantitative estimate of drug-likeness (QED) is 0.870. The molecule has 0 bridgehead atoms. The summed E-state index contributed by atoms with van der Waals surface area (Å²) in [6, 6.07) is 5.57. The van der Waals surface area contributed by atoms with Crippen LogP contribution in [0.4, 0.5) is 10.1 Å². The summed E-state index contributed by atoms with van der Waals surface area (Å²) in [6.07, 6.45) is 1.39. The first kappa shape index (κ1) is 12.3. The van der Waals surface area contributed by atoms with E-state index in [-0.39, 0.29) is 5.91 Å². The SMILES string of the molecule is O=C(Nc1cc(F)ccc1Br)c1ccoc1Br. The van der Waals surface area contributed by atoms with Crippen LogP contribution in [0.1, 0.15) is 10.4 Å². The Morgan fingerprint density at radius 1 is 1.29 bits per heavy atom. The van der Waals surface area contributed by atoms with Crippen molar-refractivity contribution in [1.82, 2.24) is 0 Å². The lowest BCUT2D eigenvalue weighted by molar-refractivity contribution is 0.102. The topological polar surface area (TPSA) is 42.2 Å². The van der Waals surface area contributed by atoms with E-state index in [4.69, 9.17) is 4.42 Å². The maximum atomic E-state index is 13.0. The second kappa shape index (κ2) is 5.01. The Labute approximate surface area is 113 Å².